The molecule has 0 spiro atoms. The lowest BCUT2D eigenvalue weighted by Gasteiger charge is -2.17. The summed E-state index contributed by atoms with van der Waals surface area (Å²) < 4.78 is 1.05. The van der Waals surface area contributed by atoms with Crippen LogP contribution in [-0.2, 0) is 0 Å². The van der Waals surface area contributed by atoms with Crippen molar-refractivity contribution in [2.24, 2.45) is 0 Å². The Bertz CT molecular complexity index is 528. The molecule has 1 aromatic heterocycles. The molecule has 1 amide bonds. The summed E-state index contributed by atoms with van der Waals surface area (Å²) in [6.45, 7) is 0. The highest BCUT2D eigenvalue weighted by Crippen LogP contribution is 2.15. The third kappa shape index (κ3) is 2.82. The summed E-state index contributed by atoms with van der Waals surface area (Å²) in [5.74, 6) is -0.0188. The van der Waals surface area contributed by atoms with Crippen LogP contribution in [0, 0.1) is 3.57 Å². The maximum atomic E-state index is 12.2. The number of pyridine rings is 1. The molecule has 0 saturated carbocycles. The average molecular weight is 338 g/mol. The van der Waals surface area contributed by atoms with Gasteiger partial charge in [-0.15, -0.1) is 0 Å². The van der Waals surface area contributed by atoms with Crippen LogP contribution < -0.4 is 4.90 Å². The van der Waals surface area contributed by atoms with Crippen molar-refractivity contribution in [1.29, 1.82) is 0 Å². The molecule has 2 aromatic rings. The van der Waals surface area contributed by atoms with Crippen molar-refractivity contribution >= 4 is 34.2 Å². The topological polar surface area (TPSA) is 33.2 Å². The fourth-order valence-corrected chi connectivity index (χ4v) is 2.04. The second-order valence-electron chi connectivity index (χ2n) is 3.58. The first kappa shape index (κ1) is 12.0. The van der Waals surface area contributed by atoms with Gasteiger partial charge in [0.2, 0.25) is 0 Å². The van der Waals surface area contributed by atoms with E-state index in [0.29, 0.717) is 5.56 Å². The van der Waals surface area contributed by atoms with Gasteiger partial charge in [-0.2, -0.15) is 0 Å². The van der Waals surface area contributed by atoms with Crippen molar-refractivity contribution in [1.82, 2.24) is 4.98 Å². The fourth-order valence-electron chi connectivity index (χ4n) is 1.50. The quantitative estimate of drug-likeness (QED) is 0.789. The van der Waals surface area contributed by atoms with Gasteiger partial charge < -0.3 is 4.90 Å². The van der Waals surface area contributed by atoms with Crippen LogP contribution in [-0.4, -0.2) is 17.9 Å². The summed E-state index contributed by atoms with van der Waals surface area (Å²) >= 11 is 2.20. The van der Waals surface area contributed by atoms with E-state index in [1.54, 1.807) is 24.3 Å². The predicted octanol–water partition coefficient (Wildman–Crippen LogP) is 2.96. The number of aromatic nitrogens is 1. The van der Waals surface area contributed by atoms with Gasteiger partial charge >= 0.3 is 0 Å². The standard InChI is InChI=1S/C13H11IN2O/c1-16(12-5-7-15-8-6-12)13(17)10-3-2-4-11(14)9-10/h2-9H,1H3. The number of hydrogen-bond acceptors (Lipinski definition) is 2. The molecule has 0 aliphatic rings. The summed E-state index contributed by atoms with van der Waals surface area (Å²) in [6.07, 6.45) is 3.35. The lowest BCUT2D eigenvalue weighted by Crippen LogP contribution is -2.26. The van der Waals surface area contributed by atoms with E-state index in [9.17, 15) is 4.79 Å². The summed E-state index contributed by atoms with van der Waals surface area (Å²) in [4.78, 5) is 17.8. The van der Waals surface area contributed by atoms with Crippen molar-refractivity contribution in [3.63, 3.8) is 0 Å². The first-order valence-corrected chi connectivity index (χ1v) is 6.20. The van der Waals surface area contributed by atoms with E-state index < -0.39 is 0 Å². The number of carbonyl (C=O) groups excluding carboxylic acids is 1. The van der Waals surface area contributed by atoms with Crippen LogP contribution in [0.15, 0.2) is 48.8 Å². The van der Waals surface area contributed by atoms with Gasteiger partial charge in [-0.05, 0) is 52.9 Å². The van der Waals surface area contributed by atoms with Gasteiger partial charge in [-0.3, -0.25) is 9.78 Å². The van der Waals surface area contributed by atoms with Gasteiger partial charge in [0.25, 0.3) is 5.91 Å². The van der Waals surface area contributed by atoms with Gasteiger partial charge in [-0.25, -0.2) is 0 Å². The van der Waals surface area contributed by atoms with Crippen molar-refractivity contribution in [3.8, 4) is 0 Å². The Morgan fingerprint density at radius 3 is 2.59 bits per heavy atom. The smallest absolute Gasteiger partial charge is 0.258 e. The van der Waals surface area contributed by atoms with Gasteiger partial charge in [0, 0.05) is 34.3 Å². The second kappa shape index (κ2) is 5.27. The Labute approximate surface area is 114 Å². The third-order valence-corrected chi connectivity index (χ3v) is 3.10. The van der Waals surface area contributed by atoms with Gasteiger partial charge in [0.05, 0.1) is 0 Å². The first-order valence-electron chi connectivity index (χ1n) is 5.12. The van der Waals surface area contributed by atoms with E-state index in [-0.39, 0.29) is 5.91 Å². The van der Waals surface area contributed by atoms with Crippen LogP contribution in [0.25, 0.3) is 0 Å². The fraction of sp³-hybridized carbons (Fsp3) is 0.0769. The van der Waals surface area contributed by atoms with Crippen LogP contribution in [0.3, 0.4) is 0 Å². The van der Waals surface area contributed by atoms with E-state index in [2.05, 4.69) is 27.6 Å². The lowest BCUT2D eigenvalue weighted by molar-refractivity contribution is 0.0993. The molecule has 3 nitrogen and oxygen atoms in total. The van der Waals surface area contributed by atoms with Gasteiger partial charge in [-0.1, -0.05) is 6.07 Å². The molecule has 0 saturated heterocycles. The minimum atomic E-state index is -0.0188. The number of halogens is 1. The summed E-state index contributed by atoms with van der Waals surface area (Å²) in [5, 5.41) is 0. The highest BCUT2D eigenvalue weighted by molar-refractivity contribution is 14.1. The van der Waals surface area contributed by atoms with Crippen LogP contribution in [0.5, 0.6) is 0 Å². The maximum Gasteiger partial charge on any atom is 0.258 e. The molecule has 86 valence electrons. The number of benzene rings is 1. The Hall–Kier alpha value is -1.43. The number of hydrogen-bond donors (Lipinski definition) is 0. The molecule has 0 fully saturated rings. The van der Waals surface area contributed by atoms with E-state index in [1.165, 1.54) is 0 Å². The number of anilines is 1. The minimum Gasteiger partial charge on any atom is -0.311 e. The molecule has 2 rings (SSSR count). The molecule has 0 N–H and O–H groups in total. The normalized spacial score (nSPS) is 10.0. The Balaban J connectivity index is 2.27. The van der Waals surface area contributed by atoms with Crippen LogP contribution >= 0.6 is 22.6 Å². The highest BCUT2D eigenvalue weighted by atomic mass is 127. The van der Waals surface area contributed by atoms with Gasteiger partial charge in [0.15, 0.2) is 0 Å². The lowest BCUT2D eigenvalue weighted by atomic mass is 10.2. The molecular weight excluding hydrogens is 327 g/mol. The predicted molar refractivity (Wildman–Crippen MR) is 76.1 cm³/mol. The Morgan fingerprint density at radius 2 is 1.94 bits per heavy atom. The molecule has 1 aromatic carbocycles. The third-order valence-electron chi connectivity index (χ3n) is 2.43. The molecule has 0 aliphatic carbocycles. The largest absolute Gasteiger partial charge is 0.311 e. The van der Waals surface area contributed by atoms with Crippen LogP contribution in [0.4, 0.5) is 5.69 Å². The molecule has 0 aliphatic heterocycles. The molecule has 4 heteroatoms. The molecule has 17 heavy (non-hydrogen) atoms. The van der Waals surface area contributed by atoms with Crippen molar-refractivity contribution in [2.45, 2.75) is 0 Å². The van der Waals surface area contributed by atoms with Crippen molar-refractivity contribution in [2.75, 3.05) is 11.9 Å². The monoisotopic (exact) mass is 338 g/mol. The van der Waals surface area contributed by atoms with E-state index >= 15 is 0 Å². The molecule has 1 heterocycles. The Morgan fingerprint density at radius 1 is 1.24 bits per heavy atom. The van der Waals surface area contributed by atoms with Crippen LogP contribution in [0.2, 0.25) is 0 Å². The zero-order valence-corrected chi connectivity index (χ0v) is 11.5. The zero-order valence-electron chi connectivity index (χ0n) is 9.30. The van der Waals surface area contributed by atoms with Gasteiger partial charge in [0.1, 0.15) is 0 Å². The maximum absolute atomic E-state index is 12.2. The second-order valence-corrected chi connectivity index (χ2v) is 4.83. The number of nitrogens with zero attached hydrogens (tertiary/aromatic N) is 2. The SMILES string of the molecule is CN(C(=O)c1cccc(I)c1)c1ccncc1. The van der Waals surface area contributed by atoms with Crippen molar-refractivity contribution in [3.05, 3.63) is 57.9 Å². The van der Waals surface area contributed by atoms with E-state index in [4.69, 9.17) is 0 Å². The molecule has 0 atom stereocenters. The number of amides is 1. The molecule has 0 bridgehead atoms. The number of carbonyl (C=O) groups is 1. The minimum absolute atomic E-state index is 0.0188. The van der Waals surface area contributed by atoms with E-state index in [1.807, 2.05) is 36.4 Å². The average Bonchev–Trinajstić information content (AvgIpc) is 2.38. The first-order chi connectivity index (χ1) is 8.18. The van der Waals surface area contributed by atoms with E-state index in [0.717, 1.165) is 9.26 Å². The zero-order chi connectivity index (χ0) is 12.3. The number of rotatable bonds is 2. The summed E-state index contributed by atoms with van der Waals surface area (Å²) in [6, 6.07) is 11.2. The van der Waals surface area contributed by atoms with Crippen LogP contribution in [0.1, 0.15) is 10.4 Å². The Kier molecular flexibility index (Phi) is 3.73. The van der Waals surface area contributed by atoms with Crippen molar-refractivity contribution < 1.29 is 4.79 Å². The summed E-state index contributed by atoms with van der Waals surface area (Å²) in [5.41, 5.74) is 1.53. The molecule has 0 unspecified atom stereocenters. The molecule has 0 radical (unpaired) electrons. The summed E-state index contributed by atoms with van der Waals surface area (Å²) in [7, 11) is 1.76. The molecular formula is C13H11IN2O. The highest BCUT2D eigenvalue weighted by Gasteiger charge is 2.13.